The van der Waals surface area contributed by atoms with Crippen LogP contribution in [-0.2, 0) is 9.59 Å². The fraction of sp³-hybridized carbons (Fsp3) is 0.176. The van der Waals surface area contributed by atoms with Gasteiger partial charge in [0.15, 0.2) is 0 Å². The molecule has 1 aliphatic rings. The third-order valence-electron chi connectivity index (χ3n) is 3.79. The molecule has 106 valence electrons. The lowest BCUT2D eigenvalue weighted by Crippen LogP contribution is -2.60. The lowest BCUT2D eigenvalue weighted by atomic mass is 9.82. The number of amides is 1. The van der Waals surface area contributed by atoms with E-state index >= 15 is 0 Å². The van der Waals surface area contributed by atoms with E-state index < -0.39 is 6.04 Å². The van der Waals surface area contributed by atoms with Crippen LogP contribution in [0.2, 0.25) is 0 Å². The van der Waals surface area contributed by atoms with Crippen molar-refractivity contribution in [1.29, 1.82) is 0 Å². The number of hydrogen-bond acceptors (Lipinski definition) is 3. The molecule has 0 aromatic heterocycles. The van der Waals surface area contributed by atoms with Crippen LogP contribution in [0.4, 0.5) is 5.69 Å². The van der Waals surface area contributed by atoms with Gasteiger partial charge in [0.05, 0.1) is 13.0 Å². The van der Waals surface area contributed by atoms with Crippen molar-refractivity contribution in [3.63, 3.8) is 0 Å². The monoisotopic (exact) mass is 281 g/mol. The van der Waals surface area contributed by atoms with Crippen molar-refractivity contribution >= 4 is 17.9 Å². The minimum Gasteiger partial charge on any atom is -0.497 e. The number of nitrogens with zero attached hydrogens (tertiary/aromatic N) is 1. The second-order valence-corrected chi connectivity index (χ2v) is 4.92. The number of anilines is 1. The van der Waals surface area contributed by atoms with E-state index in [1.54, 1.807) is 31.4 Å². The summed E-state index contributed by atoms with van der Waals surface area (Å²) in [6, 6.07) is 16.1. The average Bonchev–Trinajstić information content (AvgIpc) is 2.54. The van der Waals surface area contributed by atoms with Crippen molar-refractivity contribution in [3.8, 4) is 5.75 Å². The van der Waals surface area contributed by atoms with Crippen LogP contribution in [0.15, 0.2) is 54.6 Å². The molecule has 2 aromatic carbocycles. The molecule has 2 atom stereocenters. The molecule has 4 heteroatoms. The van der Waals surface area contributed by atoms with Crippen LogP contribution < -0.4 is 9.64 Å². The van der Waals surface area contributed by atoms with Gasteiger partial charge in [-0.25, -0.2) is 0 Å². The Morgan fingerprint density at radius 2 is 1.71 bits per heavy atom. The molecule has 0 bridgehead atoms. The van der Waals surface area contributed by atoms with Crippen molar-refractivity contribution < 1.29 is 14.3 Å². The van der Waals surface area contributed by atoms with Crippen LogP contribution in [0.1, 0.15) is 11.5 Å². The summed E-state index contributed by atoms with van der Waals surface area (Å²) in [6.45, 7) is 0. The Morgan fingerprint density at radius 3 is 2.29 bits per heavy atom. The van der Waals surface area contributed by atoms with Crippen LogP contribution in [0.3, 0.4) is 0 Å². The molecule has 1 aliphatic heterocycles. The van der Waals surface area contributed by atoms with Gasteiger partial charge in [0, 0.05) is 5.69 Å². The average molecular weight is 281 g/mol. The van der Waals surface area contributed by atoms with E-state index in [-0.39, 0.29) is 11.8 Å². The Morgan fingerprint density at radius 1 is 1.05 bits per heavy atom. The molecule has 1 amide bonds. The number of rotatable bonds is 4. The third-order valence-corrected chi connectivity index (χ3v) is 3.79. The Labute approximate surface area is 123 Å². The summed E-state index contributed by atoms with van der Waals surface area (Å²) >= 11 is 0. The normalized spacial score (nSPS) is 20.8. The highest BCUT2D eigenvalue weighted by atomic mass is 16.5. The van der Waals surface area contributed by atoms with Crippen molar-refractivity contribution in [3.05, 3.63) is 60.2 Å². The number of benzene rings is 2. The first-order valence-corrected chi connectivity index (χ1v) is 6.73. The van der Waals surface area contributed by atoms with E-state index in [0.717, 1.165) is 11.8 Å². The molecule has 0 aliphatic carbocycles. The summed E-state index contributed by atoms with van der Waals surface area (Å²) < 4.78 is 5.10. The maximum absolute atomic E-state index is 12.4. The Kier molecular flexibility index (Phi) is 3.44. The van der Waals surface area contributed by atoms with Crippen LogP contribution in [-0.4, -0.2) is 25.3 Å². The first kappa shape index (κ1) is 13.4. The van der Waals surface area contributed by atoms with Crippen LogP contribution in [0, 0.1) is 0 Å². The number of methoxy groups -OCH3 is 1. The highest BCUT2D eigenvalue weighted by Gasteiger charge is 2.48. The molecule has 0 N–H and O–H groups in total. The molecular weight excluding hydrogens is 266 g/mol. The Balaban J connectivity index is 1.88. The van der Waals surface area contributed by atoms with E-state index in [0.29, 0.717) is 11.4 Å². The molecule has 21 heavy (non-hydrogen) atoms. The first-order chi connectivity index (χ1) is 10.3. The SMILES string of the molecule is COc1ccc(N2C(=O)[C@H](c3ccccc3)[C@H]2C=O)cc1. The summed E-state index contributed by atoms with van der Waals surface area (Å²) in [4.78, 5) is 25.4. The van der Waals surface area contributed by atoms with Gasteiger partial charge in [-0.1, -0.05) is 30.3 Å². The number of carbonyl (C=O) groups excluding carboxylic acids is 2. The van der Waals surface area contributed by atoms with Crippen LogP contribution in [0.25, 0.3) is 0 Å². The van der Waals surface area contributed by atoms with Gasteiger partial charge in [0.1, 0.15) is 18.1 Å². The zero-order chi connectivity index (χ0) is 14.8. The van der Waals surface area contributed by atoms with Gasteiger partial charge in [-0.2, -0.15) is 0 Å². The smallest absolute Gasteiger partial charge is 0.237 e. The van der Waals surface area contributed by atoms with E-state index in [1.165, 1.54) is 4.90 Å². The predicted molar refractivity (Wildman–Crippen MR) is 79.5 cm³/mol. The number of aldehydes is 1. The summed E-state index contributed by atoms with van der Waals surface area (Å²) in [7, 11) is 1.59. The molecular formula is C17H15NO3. The summed E-state index contributed by atoms with van der Waals surface area (Å²) in [6.07, 6.45) is 0.837. The standard InChI is InChI=1S/C17H15NO3/c1-21-14-9-7-13(8-10-14)18-15(11-19)16(17(18)20)12-5-3-2-4-6-12/h2-11,15-16H,1H3/t15-,16-/m1/s1. The Bertz CT molecular complexity index is 651. The number of ether oxygens (including phenoxy) is 1. The molecule has 4 nitrogen and oxygen atoms in total. The van der Waals surface area contributed by atoms with Gasteiger partial charge >= 0.3 is 0 Å². The highest BCUT2D eigenvalue weighted by molar-refractivity contribution is 6.11. The molecule has 2 aromatic rings. The molecule has 3 rings (SSSR count). The largest absolute Gasteiger partial charge is 0.497 e. The number of β-lactam (4-membered cyclic amide) rings is 1. The van der Waals surface area contributed by atoms with E-state index in [1.807, 2.05) is 30.3 Å². The predicted octanol–water partition coefficient (Wildman–Crippen LogP) is 2.39. The van der Waals surface area contributed by atoms with Crippen molar-refractivity contribution in [2.45, 2.75) is 12.0 Å². The van der Waals surface area contributed by atoms with Crippen LogP contribution in [0.5, 0.6) is 5.75 Å². The molecule has 1 heterocycles. The van der Waals surface area contributed by atoms with Crippen molar-refractivity contribution in [2.24, 2.45) is 0 Å². The van der Waals surface area contributed by atoms with Crippen molar-refractivity contribution in [2.75, 3.05) is 12.0 Å². The lowest BCUT2D eigenvalue weighted by molar-refractivity contribution is -0.130. The first-order valence-electron chi connectivity index (χ1n) is 6.73. The van der Waals surface area contributed by atoms with Gasteiger partial charge < -0.3 is 14.4 Å². The lowest BCUT2D eigenvalue weighted by Gasteiger charge is -2.44. The number of hydrogen-bond donors (Lipinski definition) is 0. The van der Waals surface area contributed by atoms with Gasteiger partial charge in [0.25, 0.3) is 0 Å². The fourth-order valence-electron chi connectivity index (χ4n) is 2.69. The molecule has 0 radical (unpaired) electrons. The second kappa shape index (κ2) is 5.40. The highest BCUT2D eigenvalue weighted by Crippen LogP contribution is 2.38. The minimum atomic E-state index is -0.451. The van der Waals surface area contributed by atoms with Gasteiger partial charge in [-0.05, 0) is 29.8 Å². The summed E-state index contributed by atoms with van der Waals surface area (Å²) in [5.41, 5.74) is 1.59. The molecule has 1 fully saturated rings. The van der Waals surface area contributed by atoms with E-state index in [2.05, 4.69) is 0 Å². The quantitative estimate of drug-likeness (QED) is 0.638. The minimum absolute atomic E-state index is 0.0523. The fourth-order valence-corrected chi connectivity index (χ4v) is 2.69. The second-order valence-electron chi connectivity index (χ2n) is 4.92. The zero-order valence-electron chi connectivity index (χ0n) is 11.6. The van der Waals surface area contributed by atoms with Gasteiger partial charge in [-0.3, -0.25) is 4.79 Å². The maximum atomic E-state index is 12.4. The third kappa shape index (κ3) is 2.18. The van der Waals surface area contributed by atoms with E-state index in [4.69, 9.17) is 4.74 Å². The summed E-state index contributed by atoms with van der Waals surface area (Å²) in [5, 5.41) is 0. The van der Waals surface area contributed by atoms with Crippen molar-refractivity contribution in [1.82, 2.24) is 0 Å². The maximum Gasteiger partial charge on any atom is 0.237 e. The Hall–Kier alpha value is -2.62. The van der Waals surface area contributed by atoms with Gasteiger partial charge in [0.2, 0.25) is 5.91 Å². The molecule has 0 spiro atoms. The number of carbonyl (C=O) groups is 2. The van der Waals surface area contributed by atoms with Crippen LogP contribution >= 0.6 is 0 Å². The van der Waals surface area contributed by atoms with E-state index in [9.17, 15) is 9.59 Å². The van der Waals surface area contributed by atoms with Gasteiger partial charge in [-0.15, -0.1) is 0 Å². The molecule has 0 unspecified atom stereocenters. The molecule has 1 saturated heterocycles. The summed E-state index contributed by atoms with van der Waals surface area (Å²) in [5.74, 6) is 0.281. The zero-order valence-corrected chi connectivity index (χ0v) is 11.6. The topological polar surface area (TPSA) is 46.6 Å². The molecule has 0 saturated carbocycles.